The first-order valence-electron chi connectivity index (χ1n) is 10.5. The highest BCUT2D eigenvalue weighted by atomic mass is 19.1. The minimum atomic E-state index is -0.496. The molecule has 1 fully saturated rings. The van der Waals surface area contributed by atoms with Gasteiger partial charge in [-0.3, -0.25) is 9.89 Å². The number of halogens is 1. The van der Waals surface area contributed by atoms with Crippen molar-refractivity contribution in [1.29, 1.82) is 0 Å². The molecule has 1 aromatic heterocycles. The average Bonchev–Trinajstić information content (AvgIpc) is 3.45. The quantitative estimate of drug-likeness (QED) is 0.393. The zero-order chi connectivity index (χ0) is 23.4. The third kappa shape index (κ3) is 5.23. The molecule has 7 nitrogen and oxygen atoms in total. The van der Waals surface area contributed by atoms with Crippen molar-refractivity contribution in [2.45, 2.75) is 19.6 Å². The molecule has 33 heavy (non-hydrogen) atoms. The summed E-state index contributed by atoms with van der Waals surface area (Å²) in [5, 5.41) is 3.05. The summed E-state index contributed by atoms with van der Waals surface area (Å²) in [7, 11) is 0. The van der Waals surface area contributed by atoms with Crippen LogP contribution in [0.25, 0.3) is 11.1 Å². The summed E-state index contributed by atoms with van der Waals surface area (Å²) in [6.07, 6.45) is 0.760. The molecular weight excluding hydrogens is 423 g/mol. The van der Waals surface area contributed by atoms with Crippen molar-refractivity contribution >= 4 is 17.6 Å². The Morgan fingerprint density at radius 1 is 1.27 bits per heavy atom. The summed E-state index contributed by atoms with van der Waals surface area (Å²) in [6, 6.07) is 15.5. The summed E-state index contributed by atoms with van der Waals surface area (Å²) >= 11 is 0. The predicted octanol–water partition coefficient (Wildman–Crippen LogP) is 4.44. The van der Waals surface area contributed by atoms with Crippen molar-refractivity contribution in [1.82, 2.24) is 5.32 Å². The van der Waals surface area contributed by atoms with Gasteiger partial charge in [0.05, 0.1) is 31.6 Å². The van der Waals surface area contributed by atoms with E-state index >= 15 is 0 Å². The third-order valence-corrected chi connectivity index (χ3v) is 5.25. The number of nitrogens with two attached hydrogens (primary N) is 1. The molecule has 0 unspecified atom stereocenters. The molecule has 0 aliphatic carbocycles. The van der Waals surface area contributed by atoms with Crippen LogP contribution >= 0.6 is 0 Å². The molecule has 1 aliphatic rings. The Bertz CT molecular complexity index is 1170. The second kappa shape index (κ2) is 9.60. The molecule has 4 rings (SSSR count). The fourth-order valence-electron chi connectivity index (χ4n) is 3.51. The van der Waals surface area contributed by atoms with Gasteiger partial charge in [0.1, 0.15) is 23.5 Å². The lowest BCUT2D eigenvalue weighted by Gasteiger charge is -2.15. The number of allylic oxidation sites excluding steroid dienone is 1. The van der Waals surface area contributed by atoms with Gasteiger partial charge in [-0.2, -0.15) is 0 Å². The molecule has 3 N–H and O–H groups in total. The lowest BCUT2D eigenvalue weighted by Crippen LogP contribution is -2.30. The van der Waals surface area contributed by atoms with E-state index in [1.807, 2.05) is 13.0 Å². The molecule has 0 radical (unpaired) electrons. The Labute approximate surface area is 191 Å². The molecule has 2 heterocycles. The standard InChI is InChI=1S/C25H25FN4O3/c1-16(2)28-14-21-15-30(25(31)33-21)19-9-10-22(23(26)12-19)17-5-7-18(8-6-17)24(27)29-13-20-4-3-11-32-20/h3-12,21,28H,1,13-15H2,2H3,(H2,27,29)/t21-/m0/s1. The number of amides is 1. The van der Waals surface area contributed by atoms with E-state index in [0.29, 0.717) is 42.3 Å². The number of hydrogen-bond acceptors (Lipinski definition) is 5. The van der Waals surface area contributed by atoms with Crippen LogP contribution < -0.4 is 16.0 Å². The number of benzene rings is 2. The van der Waals surface area contributed by atoms with Gasteiger partial charge < -0.3 is 20.2 Å². The van der Waals surface area contributed by atoms with Crippen LogP contribution in [0.5, 0.6) is 0 Å². The number of furan rings is 1. The van der Waals surface area contributed by atoms with Gasteiger partial charge in [0, 0.05) is 16.8 Å². The van der Waals surface area contributed by atoms with Crippen molar-refractivity contribution < 1.29 is 18.3 Å². The summed E-state index contributed by atoms with van der Waals surface area (Å²) in [4.78, 5) is 18.0. The van der Waals surface area contributed by atoms with Gasteiger partial charge >= 0.3 is 6.09 Å². The van der Waals surface area contributed by atoms with Gasteiger partial charge in [-0.05, 0) is 42.8 Å². The van der Waals surface area contributed by atoms with Gasteiger partial charge in [-0.1, -0.05) is 30.8 Å². The first kappa shape index (κ1) is 22.1. The van der Waals surface area contributed by atoms with E-state index in [-0.39, 0.29) is 6.10 Å². The van der Waals surface area contributed by atoms with Crippen molar-refractivity contribution in [3.8, 4) is 11.1 Å². The largest absolute Gasteiger partial charge is 0.467 e. The van der Waals surface area contributed by atoms with E-state index in [2.05, 4.69) is 16.9 Å². The number of carbonyl (C=O) groups excluding carboxylic acids is 1. The maximum atomic E-state index is 14.9. The van der Waals surface area contributed by atoms with Crippen LogP contribution in [-0.2, 0) is 11.3 Å². The second-order valence-electron chi connectivity index (χ2n) is 7.80. The number of hydrogen-bond donors (Lipinski definition) is 2. The number of amidine groups is 1. The zero-order valence-corrected chi connectivity index (χ0v) is 18.3. The smallest absolute Gasteiger partial charge is 0.414 e. The number of ether oxygens (including phenoxy) is 1. The number of nitrogens with zero attached hydrogens (tertiary/aromatic N) is 2. The van der Waals surface area contributed by atoms with Crippen LogP contribution in [0.4, 0.5) is 14.9 Å². The number of cyclic esters (lactones) is 1. The topological polar surface area (TPSA) is 93.1 Å². The minimum absolute atomic E-state index is 0.329. The molecule has 0 bridgehead atoms. The van der Waals surface area contributed by atoms with Gasteiger partial charge in [0.15, 0.2) is 0 Å². The molecule has 8 heteroatoms. The Balaban J connectivity index is 1.45. The van der Waals surface area contributed by atoms with Gasteiger partial charge in [-0.15, -0.1) is 0 Å². The molecular formula is C25H25FN4O3. The third-order valence-electron chi connectivity index (χ3n) is 5.25. The monoisotopic (exact) mass is 448 g/mol. The molecule has 170 valence electrons. The van der Waals surface area contributed by atoms with Crippen LogP contribution in [0.1, 0.15) is 18.2 Å². The number of carbonyl (C=O) groups is 1. The first-order chi connectivity index (χ1) is 15.9. The van der Waals surface area contributed by atoms with Gasteiger partial charge in [0.25, 0.3) is 0 Å². The number of rotatable bonds is 8. The molecule has 1 aliphatic heterocycles. The van der Waals surface area contributed by atoms with Crippen LogP contribution in [0.15, 0.2) is 82.5 Å². The Morgan fingerprint density at radius 3 is 2.73 bits per heavy atom. The van der Waals surface area contributed by atoms with E-state index in [0.717, 1.165) is 17.0 Å². The average molecular weight is 448 g/mol. The lowest BCUT2D eigenvalue weighted by molar-refractivity contribution is 0.141. The molecule has 0 saturated carbocycles. The second-order valence-corrected chi connectivity index (χ2v) is 7.80. The predicted molar refractivity (Wildman–Crippen MR) is 125 cm³/mol. The van der Waals surface area contributed by atoms with E-state index in [9.17, 15) is 9.18 Å². The van der Waals surface area contributed by atoms with Crippen molar-refractivity contribution in [2.24, 2.45) is 10.7 Å². The van der Waals surface area contributed by atoms with Crippen LogP contribution in [0.2, 0.25) is 0 Å². The first-order valence-corrected chi connectivity index (χ1v) is 10.5. The minimum Gasteiger partial charge on any atom is -0.467 e. The molecule has 2 aromatic carbocycles. The molecule has 1 amide bonds. The van der Waals surface area contributed by atoms with Crippen LogP contribution in [-0.4, -0.2) is 31.1 Å². The Hall–Kier alpha value is -4.07. The summed E-state index contributed by atoms with van der Waals surface area (Å²) in [5.74, 6) is 0.657. The highest BCUT2D eigenvalue weighted by Gasteiger charge is 2.32. The number of nitrogens with one attached hydrogen (secondary N) is 1. The molecule has 1 saturated heterocycles. The highest BCUT2D eigenvalue weighted by Crippen LogP contribution is 2.29. The molecule has 3 aromatic rings. The van der Waals surface area contributed by atoms with Gasteiger partial charge in [-0.25, -0.2) is 9.18 Å². The van der Waals surface area contributed by atoms with E-state index < -0.39 is 11.9 Å². The molecule has 0 spiro atoms. The van der Waals surface area contributed by atoms with Crippen molar-refractivity contribution in [2.75, 3.05) is 18.0 Å². The normalized spacial score (nSPS) is 16.1. The summed E-state index contributed by atoms with van der Waals surface area (Å²) in [6.45, 7) is 6.74. The van der Waals surface area contributed by atoms with E-state index in [4.69, 9.17) is 14.9 Å². The van der Waals surface area contributed by atoms with Crippen LogP contribution in [0, 0.1) is 5.82 Å². The fourth-order valence-corrected chi connectivity index (χ4v) is 3.51. The zero-order valence-electron chi connectivity index (χ0n) is 18.3. The fraction of sp³-hybridized carbons (Fsp3) is 0.200. The Kier molecular flexibility index (Phi) is 6.44. The van der Waals surface area contributed by atoms with E-state index in [1.54, 1.807) is 48.7 Å². The van der Waals surface area contributed by atoms with Gasteiger partial charge in [0.2, 0.25) is 0 Å². The van der Waals surface area contributed by atoms with Crippen molar-refractivity contribution in [3.63, 3.8) is 0 Å². The maximum absolute atomic E-state index is 14.9. The Morgan fingerprint density at radius 2 is 2.06 bits per heavy atom. The number of aliphatic imine (C=N–C) groups is 1. The summed E-state index contributed by atoms with van der Waals surface area (Å²) in [5.41, 5.74) is 9.14. The SMILES string of the molecule is C=C(C)NC[C@H]1CN(c2ccc(-c3ccc(C(N)=NCc4ccco4)cc3)c(F)c2)C(=O)O1. The van der Waals surface area contributed by atoms with E-state index in [1.165, 1.54) is 11.0 Å². The number of anilines is 1. The maximum Gasteiger partial charge on any atom is 0.414 e. The van der Waals surface area contributed by atoms with Crippen molar-refractivity contribution in [3.05, 3.63) is 90.3 Å². The highest BCUT2D eigenvalue weighted by molar-refractivity contribution is 5.98. The summed E-state index contributed by atoms with van der Waals surface area (Å²) < 4.78 is 25.5. The molecule has 1 atom stereocenters. The lowest BCUT2D eigenvalue weighted by atomic mass is 10.0. The van der Waals surface area contributed by atoms with Crippen LogP contribution in [0.3, 0.4) is 0 Å².